The second-order valence-corrected chi connectivity index (χ2v) is 4.30. The van der Waals surface area contributed by atoms with E-state index >= 15 is 0 Å². The molecule has 2 unspecified atom stereocenters. The third-order valence-corrected chi connectivity index (χ3v) is 2.93. The van der Waals surface area contributed by atoms with Gasteiger partial charge in [-0.25, -0.2) is 4.79 Å². The zero-order chi connectivity index (χ0) is 13.0. The van der Waals surface area contributed by atoms with Crippen LogP contribution < -0.4 is 0 Å². The number of hydrogen-bond acceptors (Lipinski definition) is 4. The van der Waals surface area contributed by atoms with Crippen LogP contribution in [0.5, 0.6) is 0 Å². The molecule has 0 saturated carbocycles. The summed E-state index contributed by atoms with van der Waals surface area (Å²) < 4.78 is 10.6. The number of carboxylic acid groups (broad SMARTS) is 1. The lowest BCUT2D eigenvalue weighted by molar-refractivity contribution is -0.176. The average molecular weight is 252 g/mol. The summed E-state index contributed by atoms with van der Waals surface area (Å²) in [4.78, 5) is 10.8. The summed E-state index contributed by atoms with van der Waals surface area (Å²) >= 11 is 0. The van der Waals surface area contributed by atoms with Crippen molar-refractivity contribution in [2.75, 3.05) is 6.61 Å². The summed E-state index contributed by atoms with van der Waals surface area (Å²) in [5.41, 5.74) is 0.989. The van der Waals surface area contributed by atoms with Gasteiger partial charge in [-0.15, -0.1) is 0 Å². The van der Waals surface area contributed by atoms with Crippen molar-refractivity contribution >= 4 is 5.97 Å². The summed E-state index contributed by atoms with van der Waals surface area (Å²) in [6, 6.07) is 9.55. The zero-order valence-electron chi connectivity index (χ0n) is 9.86. The van der Waals surface area contributed by atoms with Gasteiger partial charge in [-0.1, -0.05) is 30.3 Å². The molecule has 0 radical (unpaired) electrons. The van der Waals surface area contributed by atoms with E-state index in [1.165, 1.54) is 0 Å². The van der Waals surface area contributed by atoms with E-state index < -0.39 is 24.3 Å². The van der Waals surface area contributed by atoms with E-state index in [-0.39, 0.29) is 13.0 Å². The Balaban J connectivity index is 1.89. The van der Waals surface area contributed by atoms with E-state index in [0.717, 1.165) is 5.56 Å². The fourth-order valence-corrected chi connectivity index (χ4v) is 1.89. The minimum atomic E-state index is -1.02. The number of carbonyl (C=O) groups is 1. The number of aliphatic hydroxyl groups excluding tert-OH is 1. The van der Waals surface area contributed by atoms with Crippen molar-refractivity contribution in [3.05, 3.63) is 35.9 Å². The summed E-state index contributed by atoms with van der Waals surface area (Å²) in [6.07, 6.45) is -2.00. The Hall–Kier alpha value is -1.43. The van der Waals surface area contributed by atoms with Gasteiger partial charge in [-0.05, 0) is 5.56 Å². The molecule has 0 spiro atoms. The number of hydrogen-bond donors (Lipinski definition) is 2. The van der Waals surface area contributed by atoms with Gasteiger partial charge in [0.15, 0.2) is 6.10 Å². The molecule has 0 bridgehead atoms. The van der Waals surface area contributed by atoms with Gasteiger partial charge >= 0.3 is 5.97 Å². The van der Waals surface area contributed by atoms with Crippen molar-refractivity contribution in [3.63, 3.8) is 0 Å². The Morgan fingerprint density at radius 3 is 2.78 bits per heavy atom. The number of carboxylic acids is 1. The van der Waals surface area contributed by atoms with E-state index in [1.54, 1.807) is 0 Å². The molecule has 3 atom stereocenters. The molecule has 0 aliphatic carbocycles. The number of aliphatic hydroxyl groups is 1. The van der Waals surface area contributed by atoms with E-state index in [9.17, 15) is 9.90 Å². The maximum Gasteiger partial charge on any atom is 0.332 e. The van der Waals surface area contributed by atoms with Crippen LogP contribution in [0.25, 0.3) is 0 Å². The quantitative estimate of drug-likeness (QED) is 0.829. The standard InChI is InChI=1S/C13H16O5/c14-10-8-18-12(13(15)16)6-11(10)17-7-9-4-2-1-3-5-9/h1-5,10-12,14H,6-8H2,(H,15,16)/t10?,11-,12?/m1/s1. The Labute approximate surface area is 105 Å². The summed E-state index contributed by atoms with van der Waals surface area (Å²) in [5.74, 6) is -1.02. The molecule has 2 N–H and O–H groups in total. The van der Waals surface area contributed by atoms with Crippen LogP contribution in [0.1, 0.15) is 12.0 Å². The van der Waals surface area contributed by atoms with Crippen LogP contribution in [0.3, 0.4) is 0 Å². The molecule has 18 heavy (non-hydrogen) atoms. The Morgan fingerprint density at radius 2 is 2.11 bits per heavy atom. The zero-order valence-corrected chi connectivity index (χ0v) is 9.86. The average Bonchev–Trinajstić information content (AvgIpc) is 2.38. The van der Waals surface area contributed by atoms with Crippen molar-refractivity contribution in [3.8, 4) is 0 Å². The normalized spacial score (nSPS) is 27.9. The first-order chi connectivity index (χ1) is 8.66. The predicted molar refractivity (Wildman–Crippen MR) is 63.0 cm³/mol. The third-order valence-electron chi connectivity index (χ3n) is 2.93. The molecule has 1 aromatic rings. The highest BCUT2D eigenvalue weighted by Gasteiger charge is 2.34. The molecule has 1 aromatic carbocycles. The number of benzene rings is 1. The third kappa shape index (κ3) is 3.29. The number of aliphatic carboxylic acids is 1. The fraction of sp³-hybridized carbons (Fsp3) is 0.462. The fourth-order valence-electron chi connectivity index (χ4n) is 1.89. The molecule has 1 heterocycles. The van der Waals surface area contributed by atoms with Gasteiger partial charge in [0.1, 0.15) is 6.10 Å². The molecule has 1 fully saturated rings. The SMILES string of the molecule is O=C(O)C1C[C@@H](OCc2ccccc2)C(O)CO1. The predicted octanol–water partition coefficient (Wildman–Crippen LogP) is 0.806. The van der Waals surface area contributed by atoms with Gasteiger partial charge in [-0.2, -0.15) is 0 Å². The minimum Gasteiger partial charge on any atom is -0.479 e. The lowest BCUT2D eigenvalue weighted by Gasteiger charge is -2.31. The van der Waals surface area contributed by atoms with Crippen LogP contribution in [-0.2, 0) is 20.9 Å². The molecule has 2 rings (SSSR count). The molecule has 0 amide bonds. The summed E-state index contributed by atoms with van der Waals surface area (Å²) in [6.45, 7) is 0.353. The van der Waals surface area contributed by atoms with Gasteiger partial charge in [-0.3, -0.25) is 0 Å². The van der Waals surface area contributed by atoms with Gasteiger partial charge in [0.25, 0.3) is 0 Å². The largest absolute Gasteiger partial charge is 0.479 e. The van der Waals surface area contributed by atoms with Crippen LogP contribution in [0, 0.1) is 0 Å². The molecular weight excluding hydrogens is 236 g/mol. The highest BCUT2D eigenvalue weighted by molar-refractivity contribution is 5.72. The lowest BCUT2D eigenvalue weighted by atomic mass is 10.0. The minimum absolute atomic E-state index is 0.00355. The van der Waals surface area contributed by atoms with Crippen molar-refractivity contribution < 1.29 is 24.5 Å². The summed E-state index contributed by atoms with van der Waals surface area (Å²) in [7, 11) is 0. The first-order valence-corrected chi connectivity index (χ1v) is 5.85. The molecular formula is C13H16O5. The van der Waals surface area contributed by atoms with Crippen LogP contribution in [0.4, 0.5) is 0 Å². The monoisotopic (exact) mass is 252 g/mol. The topological polar surface area (TPSA) is 76.0 Å². The molecule has 98 valence electrons. The number of ether oxygens (including phenoxy) is 2. The van der Waals surface area contributed by atoms with Crippen LogP contribution >= 0.6 is 0 Å². The summed E-state index contributed by atoms with van der Waals surface area (Å²) in [5, 5.41) is 18.6. The molecule has 1 saturated heterocycles. The highest BCUT2D eigenvalue weighted by Crippen LogP contribution is 2.19. The molecule has 5 nitrogen and oxygen atoms in total. The molecule has 1 aliphatic heterocycles. The molecule has 1 aliphatic rings. The maximum absolute atomic E-state index is 10.8. The Bertz CT molecular complexity index is 392. The first kappa shape index (κ1) is 13.0. The van der Waals surface area contributed by atoms with Crippen LogP contribution in [0.2, 0.25) is 0 Å². The van der Waals surface area contributed by atoms with Gasteiger partial charge in [0.05, 0.1) is 19.3 Å². The van der Waals surface area contributed by atoms with E-state index in [4.69, 9.17) is 14.6 Å². The van der Waals surface area contributed by atoms with Crippen molar-refractivity contribution in [1.29, 1.82) is 0 Å². The smallest absolute Gasteiger partial charge is 0.332 e. The van der Waals surface area contributed by atoms with E-state index in [2.05, 4.69) is 0 Å². The van der Waals surface area contributed by atoms with Crippen LogP contribution in [-0.4, -0.2) is 41.1 Å². The first-order valence-electron chi connectivity index (χ1n) is 5.85. The van der Waals surface area contributed by atoms with Crippen molar-refractivity contribution in [2.24, 2.45) is 0 Å². The van der Waals surface area contributed by atoms with Crippen molar-refractivity contribution in [1.82, 2.24) is 0 Å². The van der Waals surface area contributed by atoms with Crippen molar-refractivity contribution in [2.45, 2.75) is 31.3 Å². The van der Waals surface area contributed by atoms with Gasteiger partial charge in [0.2, 0.25) is 0 Å². The second-order valence-electron chi connectivity index (χ2n) is 4.30. The Kier molecular flexibility index (Phi) is 4.30. The van der Waals surface area contributed by atoms with Gasteiger partial charge in [0, 0.05) is 6.42 Å². The van der Waals surface area contributed by atoms with E-state index in [0.29, 0.717) is 6.61 Å². The highest BCUT2D eigenvalue weighted by atomic mass is 16.5. The molecule has 0 aromatic heterocycles. The molecule has 5 heteroatoms. The van der Waals surface area contributed by atoms with E-state index in [1.807, 2.05) is 30.3 Å². The number of rotatable bonds is 4. The lowest BCUT2D eigenvalue weighted by Crippen LogP contribution is -2.45. The maximum atomic E-state index is 10.8. The van der Waals surface area contributed by atoms with Crippen LogP contribution in [0.15, 0.2) is 30.3 Å². The second kappa shape index (κ2) is 5.95. The Morgan fingerprint density at radius 1 is 1.39 bits per heavy atom. The van der Waals surface area contributed by atoms with Gasteiger partial charge < -0.3 is 19.7 Å².